The zero-order chi connectivity index (χ0) is 41.9. The van der Waals surface area contributed by atoms with Gasteiger partial charge in [0.15, 0.2) is 23.0 Å². The van der Waals surface area contributed by atoms with Crippen LogP contribution in [0.2, 0.25) is 0 Å². The average Bonchev–Trinajstić information content (AvgIpc) is 3.30. The fourth-order valence-corrected chi connectivity index (χ4v) is 7.81. The Balaban J connectivity index is 0.000000480. The molecule has 0 heterocycles. The van der Waals surface area contributed by atoms with Crippen molar-refractivity contribution in [3.05, 3.63) is 191 Å². The molecule has 0 fully saturated rings. The number of amides is 1. The molecule has 0 atom stereocenters. The summed E-state index contributed by atoms with van der Waals surface area (Å²) in [5.74, 6) is 2.15. The highest BCUT2D eigenvalue weighted by molar-refractivity contribution is 5.73. The van der Waals surface area contributed by atoms with Crippen LogP contribution in [-0.2, 0) is 20.7 Å². The Hall–Kier alpha value is -6.05. The zero-order valence-corrected chi connectivity index (χ0v) is 35.2. The summed E-state index contributed by atoms with van der Waals surface area (Å²) in [4.78, 5) is 10.4. The first-order valence-electron chi connectivity index (χ1n) is 20.5. The molecule has 0 aliphatic heterocycles. The molecule has 0 spiro atoms. The Morgan fingerprint density at radius 2 is 0.780 bits per heavy atom. The van der Waals surface area contributed by atoms with Crippen LogP contribution >= 0.6 is 0 Å². The van der Waals surface area contributed by atoms with E-state index in [1.165, 1.54) is 32.1 Å². The molecule has 6 aromatic rings. The van der Waals surface area contributed by atoms with E-state index in [4.69, 9.17) is 29.4 Å². The van der Waals surface area contributed by atoms with Gasteiger partial charge in [0, 0.05) is 17.5 Å². The van der Waals surface area contributed by atoms with Crippen LogP contribution in [0.4, 0.5) is 0 Å². The lowest BCUT2D eigenvalue weighted by Gasteiger charge is -2.47. The topological polar surface area (TPSA) is 89.2 Å². The number of para-hydroxylation sites is 2. The van der Waals surface area contributed by atoms with Crippen LogP contribution in [0.1, 0.15) is 91.7 Å². The molecule has 308 valence electrons. The van der Waals surface area contributed by atoms with E-state index < -0.39 is 11.2 Å². The number of hydrogen-bond acceptors (Lipinski definition) is 6. The van der Waals surface area contributed by atoms with Crippen LogP contribution in [-0.4, -0.2) is 34.3 Å². The van der Waals surface area contributed by atoms with Crippen molar-refractivity contribution in [2.75, 3.05) is 28.4 Å². The standard InChI is InChI=1S/C42H38O5.C10H21NO/c1-43-37-29-17-27-35(39(37)45-3)41(31-19-9-5-10-20-31,32-21-11-6-12-22-32)47-42(33-23-13-7-14-24-33,34-25-15-8-16-26-34)36-28-18-30-38(44-2)40(36)46-4;1-2-3-4-5-6-7-8-9-10(11)12/h5-30H,1-4H3;2-9H2,1H3,(H2,11,12). The van der Waals surface area contributed by atoms with E-state index in [0.717, 1.165) is 46.2 Å². The normalized spacial score (nSPS) is 11.2. The van der Waals surface area contributed by atoms with Gasteiger partial charge in [0.2, 0.25) is 5.91 Å². The Labute approximate surface area is 351 Å². The molecule has 1 amide bonds. The molecule has 0 radical (unpaired) electrons. The van der Waals surface area contributed by atoms with Crippen molar-refractivity contribution in [3.8, 4) is 23.0 Å². The summed E-state index contributed by atoms with van der Waals surface area (Å²) in [6, 6.07) is 52.8. The largest absolute Gasteiger partial charge is 0.493 e. The van der Waals surface area contributed by atoms with Crippen LogP contribution in [0, 0.1) is 0 Å². The van der Waals surface area contributed by atoms with Gasteiger partial charge in [-0.15, -0.1) is 0 Å². The number of carbonyl (C=O) groups excluding carboxylic acids is 1. The molecule has 0 aliphatic rings. The maximum Gasteiger partial charge on any atom is 0.217 e. The fraction of sp³-hybridized carbons (Fsp3) is 0.288. The summed E-state index contributed by atoms with van der Waals surface area (Å²) in [6.07, 6.45) is 9.24. The minimum Gasteiger partial charge on any atom is -0.493 e. The van der Waals surface area contributed by atoms with Crippen LogP contribution in [0.3, 0.4) is 0 Å². The molecule has 59 heavy (non-hydrogen) atoms. The lowest BCUT2D eigenvalue weighted by Crippen LogP contribution is -2.45. The van der Waals surface area contributed by atoms with Gasteiger partial charge in [-0.2, -0.15) is 0 Å². The first-order valence-corrected chi connectivity index (χ1v) is 20.5. The summed E-state index contributed by atoms with van der Waals surface area (Å²) < 4.78 is 32.3. The van der Waals surface area contributed by atoms with Crippen LogP contribution in [0.25, 0.3) is 0 Å². The lowest BCUT2D eigenvalue weighted by atomic mass is 9.74. The first-order chi connectivity index (χ1) is 28.9. The second kappa shape index (κ2) is 22.2. The minimum atomic E-state index is -1.26. The molecule has 0 saturated carbocycles. The maximum absolute atomic E-state index is 10.4. The number of carbonyl (C=O) groups is 1. The molecule has 6 rings (SSSR count). The van der Waals surface area contributed by atoms with Crippen molar-refractivity contribution in [1.82, 2.24) is 0 Å². The predicted molar refractivity (Wildman–Crippen MR) is 238 cm³/mol. The highest BCUT2D eigenvalue weighted by atomic mass is 16.5. The number of ether oxygens (including phenoxy) is 5. The second-order valence-corrected chi connectivity index (χ2v) is 14.3. The molecule has 7 heteroatoms. The number of primary amides is 1. The van der Waals surface area contributed by atoms with Gasteiger partial charge in [-0.1, -0.05) is 191 Å². The fourth-order valence-electron chi connectivity index (χ4n) is 7.81. The van der Waals surface area contributed by atoms with Crippen molar-refractivity contribution in [2.45, 2.75) is 69.5 Å². The van der Waals surface area contributed by atoms with Crippen molar-refractivity contribution in [1.29, 1.82) is 0 Å². The van der Waals surface area contributed by atoms with E-state index in [2.05, 4.69) is 55.5 Å². The molecule has 0 unspecified atom stereocenters. The van der Waals surface area contributed by atoms with Crippen molar-refractivity contribution in [3.63, 3.8) is 0 Å². The van der Waals surface area contributed by atoms with Gasteiger partial charge in [0.05, 0.1) is 28.4 Å². The maximum atomic E-state index is 10.4. The molecule has 6 aromatic carbocycles. The smallest absolute Gasteiger partial charge is 0.217 e. The van der Waals surface area contributed by atoms with E-state index in [1.807, 2.05) is 109 Å². The van der Waals surface area contributed by atoms with Gasteiger partial charge in [-0.05, 0) is 40.8 Å². The summed E-state index contributed by atoms with van der Waals surface area (Å²) in [7, 11) is 6.62. The van der Waals surface area contributed by atoms with E-state index in [-0.39, 0.29) is 5.91 Å². The quantitative estimate of drug-likeness (QED) is 0.0612. The highest BCUT2D eigenvalue weighted by Crippen LogP contribution is 2.56. The van der Waals surface area contributed by atoms with Gasteiger partial charge < -0.3 is 29.4 Å². The van der Waals surface area contributed by atoms with Crippen molar-refractivity contribution in [2.24, 2.45) is 5.73 Å². The zero-order valence-electron chi connectivity index (χ0n) is 35.2. The third kappa shape index (κ3) is 10.2. The van der Waals surface area contributed by atoms with Crippen molar-refractivity contribution < 1.29 is 28.5 Å². The van der Waals surface area contributed by atoms with Gasteiger partial charge in [-0.3, -0.25) is 4.79 Å². The van der Waals surface area contributed by atoms with Crippen LogP contribution in [0.5, 0.6) is 23.0 Å². The molecule has 0 aliphatic carbocycles. The van der Waals surface area contributed by atoms with Crippen LogP contribution in [0.15, 0.2) is 158 Å². The number of hydrogen-bond donors (Lipinski definition) is 1. The number of rotatable bonds is 20. The summed E-state index contributed by atoms with van der Waals surface area (Å²) in [5, 5.41) is 0. The molecule has 0 aromatic heterocycles. The highest BCUT2D eigenvalue weighted by Gasteiger charge is 2.51. The Kier molecular flexibility index (Phi) is 16.6. The number of nitrogens with two attached hydrogens (primary N) is 1. The van der Waals surface area contributed by atoms with Gasteiger partial charge in [0.25, 0.3) is 0 Å². The second-order valence-electron chi connectivity index (χ2n) is 14.3. The lowest BCUT2D eigenvalue weighted by molar-refractivity contribution is -0.118. The predicted octanol–water partition coefficient (Wildman–Crippen LogP) is 11.6. The molecular formula is C52H59NO6. The minimum absolute atomic E-state index is 0.163. The third-order valence-electron chi connectivity index (χ3n) is 10.6. The number of unbranched alkanes of at least 4 members (excludes halogenated alkanes) is 6. The third-order valence-corrected chi connectivity index (χ3v) is 10.6. The van der Waals surface area contributed by atoms with E-state index in [0.29, 0.717) is 29.4 Å². The average molecular weight is 794 g/mol. The summed E-state index contributed by atoms with van der Waals surface area (Å²) in [5.41, 5.74) is 7.63. The van der Waals surface area contributed by atoms with Gasteiger partial charge in [-0.25, -0.2) is 0 Å². The van der Waals surface area contributed by atoms with E-state index in [9.17, 15) is 4.79 Å². The molecule has 2 N–H and O–H groups in total. The van der Waals surface area contributed by atoms with E-state index >= 15 is 0 Å². The first kappa shape index (κ1) is 44.1. The summed E-state index contributed by atoms with van der Waals surface area (Å²) in [6.45, 7) is 2.22. The Bertz CT molecular complexity index is 1920. The van der Waals surface area contributed by atoms with Gasteiger partial charge >= 0.3 is 0 Å². The van der Waals surface area contributed by atoms with Crippen molar-refractivity contribution >= 4 is 5.91 Å². The molecule has 7 nitrogen and oxygen atoms in total. The molecular weight excluding hydrogens is 735 g/mol. The Morgan fingerprint density at radius 1 is 0.441 bits per heavy atom. The number of benzene rings is 6. The SMILES string of the molecule is CCCCCCCCCC(N)=O.COc1cccc(C(OC(c2ccccc2)(c2ccccc2)c2cccc(OC)c2OC)(c2ccccc2)c2ccccc2)c1OC. The van der Waals surface area contributed by atoms with E-state index in [1.54, 1.807) is 28.4 Å². The van der Waals surface area contributed by atoms with Crippen LogP contribution < -0.4 is 24.7 Å². The monoisotopic (exact) mass is 793 g/mol. The molecule has 0 saturated heterocycles. The number of methoxy groups -OCH3 is 4. The van der Waals surface area contributed by atoms with Gasteiger partial charge in [0.1, 0.15) is 11.2 Å². The Morgan fingerprint density at radius 3 is 1.08 bits per heavy atom. The summed E-state index contributed by atoms with van der Waals surface area (Å²) >= 11 is 0. The molecule has 0 bridgehead atoms.